The smallest absolute Gasteiger partial charge is 0.227 e. The molecule has 0 aliphatic heterocycles. The van der Waals surface area contributed by atoms with Crippen LogP contribution < -0.4 is 0 Å². The number of amides is 1. The predicted molar refractivity (Wildman–Crippen MR) is 70.4 cm³/mol. The molecule has 1 aromatic carbocycles. The summed E-state index contributed by atoms with van der Waals surface area (Å²) in [5.41, 5.74) is 0.882. The van der Waals surface area contributed by atoms with E-state index in [-0.39, 0.29) is 24.3 Å². The average molecular weight is 251 g/mol. The molecule has 0 saturated carbocycles. The summed E-state index contributed by atoms with van der Waals surface area (Å²) < 4.78 is 0. The average Bonchev–Trinajstić information content (AvgIpc) is 2.32. The van der Waals surface area contributed by atoms with Gasteiger partial charge in [0.1, 0.15) is 5.75 Å². The SMILES string of the molecule is CC(C)N(CCCO)C(=O)Cc1ccc(O)cc1. The predicted octanol–water partition coefficient (Wildman–Crippen LogP) is 1.55. The number of phenols is 1. The molecule has 0 fully saturated rings. The van der Waals surface area contributed by atoms with Crippen molar-refractivity contribution < 1.29 is 15.0 Å². The minimum absolute atomic E-state index is 0.0455. The highest BCUT2D eigenvalue weighted by Crippen LogP contribution is 2.12. The quantitative estimate of drug-likeness (QED) is 0.806. The van der Waals surface area contributed by atoms with Crippen molar-refractivity contribution in [1.82, 2.24) is 4.90 Å². The van der Waals surface area contributed by atoms with Crippen LogP contribution >= 0.6 is 0 Å². The van der Waals surface area contributed by atoms with Gasteiger partial charge in [0.2, 0.25) is 5.91 Å². The standard InChI is InChI=1S/C14H21NO3/c1-11(2)15(8-3-9-16)14(18)10-12-4-6-13(17)7-5-12/h4-7,11,16-17H,3,8-10H2,1-2H3. The number of aliphatic hydroxyl groups is 1. The van der Waals surface area contributed by atoms with Crippen LogP contribution in [0.3, 0.4) is 0 Å². The summed E-state index contributed by atoms with van der Waals surface area (Å²) in [6, 6.07) is 6.78. The lowest BCUT2D eigenvalue weighted by Crippen LogP contribution is -2.39. The van der Waals surface area contributed by atoms with Gasteiger partial charge in [-0.1, -0.05) is 12.1 Å². The molecule has 100 valence electrons. The van der Waals surface area contributed by atoms with Crippen LogP contribution in [0.1, 0.15) is 25.8 Å². The zero-order valence-electron chi connectivity index (χ0n) is 11.0. The summed E-state index contributed by atoms with van der Waals surface area (Å²) >= 11 is 0. The van der Waals surface area contributed by atoms with Gasteiger partial charge in [0.15, 0.2) is 0 Å². The first-order valence-corrected chi connectivity index (χ1v) is 6.23. The van der Waals surface area contributed by atoms with Crippen molar-refractivity contribution >= 4 is 5.91 Å². The molecule has 0 aliphatic rings. The minimum atomic E-state index is 0.0455. The zero-order chi connectivity index (χ0) is 13.5. The molecule has 4 heteroatoms. The lowest BCUT2D eigenvalue weighted by atomic mass is 10.1. The Bertz CT molecular complexity index is 373. The summed E-state index contributed by atoms with van der Waals surface area (Å²) in [6.07, 6.45) is 0.920. The maximum Gasteiger partial charge on any atom is 0.227 e. The van der Waals surface area contributed by atoms with Gasteiger partial charge in [-0.2, -0.15) is 0 Å². The van der Waals surface area contributed by atoms with Gasteiger partial charge in [0, 0.05) is 19.2 Å². The molecule has 0 aromatic heterocycles. The van der Waals surface area contributed by atoms with Crippen LogP contribution in [0.25, 0.3) is 0 Å². The summed E-state index contributed by atoms with van der Waals surface area (Å²) in [5.74, 6) is 0.247. The van der Waals surface area contributed by atoms with Gasteiger partial charge in [-0.15, -0.1) is 0 Å². The Hall–Kier alpha value is -1.55. The number of rotatable bonds is 6. The largest absolute Gasteiger partial charge is 0.508 e. The van der Waals surface area contributed by atoms with E-state index in [0.29, 0.717) is 19.4 Å². The lowest BCUT2D eigenvalue weighted by molar-refractivity contribution is -0.132. The van der Waals surface area contributed by atoms with Crippen LogP contribution in [0, 0.1) is 0 Å². The molecular formula is C14H21NO3. The molecule has 0 heterocycles. The molecule has 18 heavy (non-hydrogen) atoms. The lowest BCUT2D eigenvalue weighted by Gasteiger charge is -2.26. The third-order valence-electron chi connectivity index (χ3n) is 2.79. The van der Waals surface area contributed by atoms with Gasteiger partial charge >= 0.3 is 0 Å². The minimum Gasteiger partial charge on any atom is -0.508 e. The molecule has 1 rings (SSSR count). The molecule has 2 N–H and O–H groups in total. The number of benzene rings is 1. The van der Waals surface area contributed by atoms with E-state index in [2.05, 4.69) is 0 Å². The summed E-state index contributed by atoms with van der Waals surface area (Å²) in [6.45, 7) is 4.60. The van der Waals surface area contributed by atoms with Crippen LogP contribution in [-0.2, 0) is 11.2 Å². The van der Waals surface area contributed by atoms with E-state index in [0.717, 1.165) is 5.56 Å². The van der Waals surface area contributed by atoms with Crippen molar-refractivity contribution in [3.63, 3.8) is 0 Å². The fourth-order valence-electron chi connectivity index (χ4n) is 1.80. The number of hydrogen-bond acceptors (Lipinski definition) is 3. The van der Waals surface area contributed by atoms with Gasteiger partial charge < -0.3 is 15.1 Å². The van der Waals surface area contributed by atoms with E-state index in [9.17, 15) is 9.90 Å². The van der Waals surface area contributed by atoms with Crippen LogP contribution in [0.15, 0.2) is 24.3 Å². The number of nitrogens with zero attached hydrogens (tertiary/aromatic N) is 1. The van der Waals surface area contributed by atoms with Gasteiger partial charge in [-0.05, 0) is 38.0 Å². The second-order valence-corrected chi connectivity index (χ2v) is 4.60. The van der Waals surface area contributed by atoms with Crippen molar-refractivity contribution in [2.45, 2.75) is 32.7 Å². The van der Waals surface area contributed by atoms with E-state index in [4.69, 9.17) is 5.11 Å². The van der Waals surface area contributed by atoms with Crippen molar-refractivity contribution in [3.05, 3.63) is 29.8 Å². The molecule has 0 spiro atoms. The third kappa shape index (κ3) is 4.37. The number of carbonyl (C=O) groups is 1. The number of aliphatic hydroxyl groups excluding tert-OH is 1. The maximum absolute atomic E-state index is 12.1. The Kier molecular flexibility index (Phi) is 5.65. The van der Waals surface area contributed by atoms with Crippen LogP contribution in [0.4, 0.5) is 0 Å². The number of hydrogen-bond donors (Lipinski definition) is 2. The van der Waals surface area contributed by atoms with E-state index in [1.54, 1.807) is 29.2 Å². The number of phenolic OH excluding ortho intramolecular Hbond substituents is 1. The van der Waals surface area contributed by atoms with Crippen LogP contribution in [0.2, 0.25) is 0 Å². The Morgan fingerprint density at radius 1 is 1.28 bits per heavy atom. The van der Waals surface area contributed by atoms with E-state index in [1.165, 1.54) is 0 Å². The summed E-state index contributed by atoms with van der Waals surface area (Å²) in [5, 5.41) is 18.0. The zero-order valence-corrected chi connectivity index (χ0v) is 11.0. The van der Waals surface area contributed by atoms with E-state index < -0.39 is 0 Å². The fraction of sp³-hybridized carbons (Fsp3) is 0.500. The van der Waals surface area contributed by atoms with Gasteiger partial charge in [-0.3, -0.25) is 4.79 Å². The first-order chi connectivity index (χ1) is 8.54. The summed E-state index contributed by atoms with van der Waals surface area (Å²) in [4.78, 5) is 13.9. The molecule has 0 bridgehead atoms. The Morgan fingerprint density at radius 2 is 1.89 bits per heavy atom. The van der Waals surface area contributed by atoms with E-state index in [1.807, 2.05) is 13.8 Å². The second-order valence-electron chi connectivity index (χ2n) is 4.60. The maximum atomic E-state index is 12.1. The number of aromatic hydroxyl groups is 1. The molecule has 0 radical (unpaired) electrons. The number of carbonyl (C=O) groups excluding carboxylic acids is 1. The molecular weight excluding hydrogens is 230 g/mol. The molecule has 4 nitrogen and oxygen atoms in total. The van der Waals surface area contributed by atoms with Gasteiger partial charge in [-0.25, -0.2) is 0 Å². The highest BCUT2D eigenvalue weighted by atomic mass is 16.3. The first-order valence-electron chi connectivity index (χ1n) is 6.23. The monoisotopic (exact) mass is 251 g/mol. The van der Waals surface area contributed by atoms with Crippen LogP contribution in [0.5, 0.6) is 5.75 Å². The van der Waals surface area contributed by atoms with Gasteiger partial charge in [0.05, 0.1) is 6.42 Å². The fourth-order valence-corrected chi connectivity index (χ4v) is 1.80. The third-order valence-corrected chi connectivity index (χ3v) is 2.79. The second kappa shape index (κ2) is 7.01. The molecule has 0 aliphatic carbocycles. The molecule has 0 saturated heterocycles. The van der Waals surface area contributed by atoms with Crippen molar-refractivity contribution in [2.24, 2.45) is 0 Å². The van der Waals surface area contributed by atoms with E-state index >= 15 is 0 Å². The highest BCUT2D eigenvalue weighted by molar-refractivity contribution is 5.79. The summed E-state index contributed by atoms with van der Waals surface area (Å²) in [7, 11) is 0. The molecule has 1 aromatic rings. The van der Waals surface area contributed by atoms with Crippen molar-refractivity contribution in [1.29, 1.82) is 0 Å². The Morgan fingerprint density at radius 3 is 2.39 bits per heavy atom. The molecule has 1 amide bonds. The highest BCUT2D eigenvalue weighted by Gasteiger charge is 2.16. The van der Waals surface area contributed by atoms with Crippen LogP contribution in [-0.4, -0.2) is 40.2 Å². The van der Waals surface area contributed by atoms with Gasteiger partial charge in [0.25, 0.3) is 0 Å². The van der Waals surface area contributed by atoms with Crippen molar-refractivity contribution in [2.75, 3.05) is 13.2 Å². The normalized spacial score (nSPS) is 10.7. The molecule has 0 unspecified atom stereocenters. The molecule has 0 atom stereocenters. The topological polar surface area (TPSA) is 60.8 Å². The van der Waals surface area contributed by atoms with Crippen molar-refractivity contribution in [3.8, 4) is 5.75 Å². The Labute approximate surface area is 108 Å². The first kappa shape index (κ1) is 14.5. The Balaban J connectivity index is 2.63.